The van der Waals surface area contributed by atoms with Gasteiger partial charge in [0.1, 0.15) is 0 Å². The van der Waals surface area contributed by atoms with Crippen LogP contribution in [0.5, 0.6) is 0 Å². The fourth-order valence-electron chi connectivity index (χ4n) is 2.54. The number of carbonyl (C=O) groups is 1. The second kappa shape index (κ2) is 5.52. The molecule has 18 heavy (non-hydrogen) atoms. The monoisotopic (exact) mass is 250 g/mol. The Hall–Kier alpha value is -1.36. The predicted molar refractivity (Wildman–Crippen MR) is 71.2 cm³/mol. The van der Waals surface area contributed by atoms with E-state index in [1.165, 1.54) is 6.42 Å². The first-order chi connectivity index (χ1) is 8.61. The largest absolute Gasteiger partial charge is 0.325 e. The third-order valence-electron chi connectivity index (χ3n) is 3.59. The quantitative estimate of drug-likeness (QED) is 0.857. The summed E-state index contributed by atoms with van der Waals surface area (Å²) >= 11 is 0. The minimum Gasteiger partial charge on any atom is -0.325 e. The Bertz CT molecular complexity index is 407. The third-order valence-corrected chi connectivity index (χ3v) is 3.59. The molecule has 0 radical (unpaired) electrons. The van der Waals surface area contributed by atoms with Gasteiger partial charge in [0, 0.05) is 30.8 Å². The highest BCUT2D eigenvalue weighted by atomic mass is 16.1. The Kier molecular flexibility index (Phi) is 4.01. The zero-order valence-electron chi connectivity index (χ0n) is 11.0. The van der Waals surface area contributed by atoms with E-state index in [2.05, 4.69) is 10.4 Å². The molecule has 2 rings (SSSR count). The number of anilines is 1. The number of aromatic nitrogens is 2. The summed E-state index contributed by atoms with van der Waals surface area (Å²) < 4.78 is 1.79. The number of rotatable bonds is 4. The lowest BCUT2D eigenvalue weighted by molar-refractivity contribution is -0.117. The lowest BCUT2D eigenvalue weighted by atomic mass is 9.80. The molecule has 1 fully saturated rings. The molecule has 1 aliphatic rings. The molecule has 0 aromatic carbocycles. The van der Waals surface area contributed by atoms with Crippen LogP contribution in [0.3, 0.4) is 0 Å². The molecule has 1 amide bonds. The highest BCUT2D eigenvalue weighted by molar-refractivity contribution is 5.90. The van der Waals surface area contributed by atoms with E-state index in [-0.39, 0.29) is 11.4 Å². The number of aryl methyl sites for hydroxylation is 1. The lowest BCUT2D eigenvalue weighted by Crippen LogP contribution is -2.44. The van der Waals surface area contributed by atoms with E-state index >= 15 is 0 Å². The van der Waals surface area contributed by atoms with Crippen LogP contribution in [-0.4, -0.2) is 21.2 Å². The number of nitrogens with zero attached hydrogens (tertiary/aromatic N) is 2. The molecule has 3 N–H and O–H groups in total. The second-order valence-corrected chi connectivity index (χ2v) is 5.20. The average molecular weight is 250 g/mol. The summed E-state index contributed by atoms with van der Waals surface area (Å²) in [6, 6.07) is 1.81. The average Bonchev–Trinajstić information content (AvgIpc) is 2.76. The van der Waals surface area contributed by atoms with Gasteiger partial charge >= 0.3 is 0 Å². The van der Waals surface area contributed by atoms with Crippen molar-refractivity contribution in [2.24, 2.45) is 5.73 Å². The predicted octanol–water partition coefficient (Wildman–Crippen LogP) is 1.89. The number of carbonyl (C=O) groups excluding carboxylic acids is 1. The molecule has 0 unspecified atom stereocenters. The van der Waals surface area contributed by atoms with Crippen molar-refractivity contribution in [3.63, 3.8) is 0 Å². The van der Waals surface area contributed by atoms with Gasteiger partial charge in [-0.25, -0.2) is 0 Å². The van der Waals surface area contributed by atoms with Crippen molar-refractivity contribution in [1.29, 1.82) is 0 Å². The van der Waals surface area contributed by atoms with Crippen LogP contribution in [0.25, 0.3) is 0 Å². The molecule has 100 valence electrons. The molecule has 0 atom stereocenters. The Labute approximate surface area is 108 Å². The van der Waals surface area contributed by atoms with Gasteiger partial charge in [-0.05, 0) is 19.8 Å². The van der Waals surface area contributed by atoms with Gasteiger partial charge in [-0.2, -0.15) is 5.10 Å². The van der Waals surface area contributed by atoms with E-state index in [0.717, 1.165) is 32.2 Å². The summed E-state index contributed by atoms with van der Waals surface area (Å²) in [4.78, 5) is 11.9. The summed E-state index contributed by atoms with van der Waals surface area (Å²) in [5, 5.41) is 7.05. The van der Waals surface area contributed by atoms with Gasteiger partial charge in [-0.15, -0.1) is 0 Å². The van der Waals surface area contributed by atoms with E-state index in [4.69, 9.17) is 5.73 Å². The maximum atomic E-state index is 11.9. The molecule has 1 aromatic heterocycles. The van der Waals surface area contributed by atoms with Crippen molar-refractivity contribution < 1.29 is 4.79 Å². The fourth-order valence-corrected chi connectivity index (χ4v) is 2.54. The van der Waals surface area contributed by atoms with E-state index in [1.807, 2.05) is 19.2 Å². The number of hydrogen-bond acceptors (Lipinski definition) is 3. The van der Waals surface area contributed by atoms with Crippen LogP contribution in [0, 0.1) is 0 Å². The third kappa shape index (κ3) is 3.32. The Balaban J connectivity index is 1.87. The van der Waals surface area contributed by atoms with Gasteiger partial charge in [0.25, 0.3) is 0 Å². The van der Waals surface area contributed by atoms with Gasteiger partial charge < -0.3 is 11.1 Å². The van der Waals surface area contributed by atoms with Gasteiger partial charge in [-0.1, -0.05) is 19.3 Å². The molecular weight excluding hydrogens is 228 g/mol. The number of nitrogens with two attached hydrogens (primary N) is 1. The van der Waals surface area contributed by atoms with E-state index < -0.39 is 0 Å². The zero-order chi connectivity index (χ0) is 13.0. The molecule has 0 aliphatic heterocycles. The SMILES string of the molecule is CCn1ccc(NC(=O)CC2(N)CCCCC2)n1. The summed E-state index contributed by atoms with van der Waals surface area (Å²) in [5.41, 5.74) is 5.95. The van der Waals surface area contributed by atoms with Crippen molar-refractivity contribution in [3.8, 4) is 0 Å². The highest BCUT2D eigenvalue weighted by Crippen LogP contribution is 2.28. The molecule has 1 aromatic rings. The summed E-state index contributed by atoms with van der Waals surface area (Å²) in [6.45, 7) is 2.81. The molecule has 1 heterocycles. The first-order valence-corrected chi connectivity index (χ1v) is 6.73. The Morgan fingerprint density at radius 3 is 2.83 bits per heavy atom. The second-order valence-electron chi connectivity index (χ2n) is 5.20. The summed E-state index contributed by atoms with van der Waals surface area (Å²) in [7, 11) is 0. The van der Waals surface area contributed by atoms with Crippen LogP contribution >= 0.6 is 0 Å². The van der Waals surface area contributed by atoms with E-state index in [1.54, 1.807) is 4.68 Å². The minimum atomic E-state index is -0.310. The molecule has 5 heteroatoms. The van der Waals surface area contributed by atoms with Crippen molar-refractivity contribution >= 4 is 11.7 Å². The minimum absolute atomic E-state index is 0.0271. The van der Waals surface area contributed by atoms with Crippen molar-refractivity contribution in [1.82, 2.24) is 9.78 Å². The molecule has 1 saturated carbocycles. The normalized spacial score (nSPS) is 18.6. The highest BCUT2D eigenvalue weighted by Gasteiger charge is 2.30. The molecule has 0 spiro atoms. The van der Waals surface area contributed by atoms with Crippen LogP contribution in [0.4, 0.5) is 5.82 Å². The zero-order valence-corrected chi connectivity index (χ0v) is 11.0. The Morgan fingerprint density at radius 2 is 2.22 bits per heavy atom. The van der Waals surface area contributed by atoms with Crippen molar-refractivity contribution in [2.75, 3.05) is 5.32 Å². The first-order valence-electron chi connectivity index (χ1n) is 6.73. The van der Waals surface area contributed by atoms with Crippen molar-refractivity contribution in [3.05, 3.63) is 12.3 Å². The van der Waals surface area contributed by atoms with Crippen molar-refractivity contribution in [2.45, 2.75) is 57.5 Å². The number of hydrogen-bond donors (Lipinski definition) is 2. The number of nitrogens with one attached hydrogen (secondary N) is 1. The molecule has 5 nitrogen and oxygen atoms in total. The molecule has 0 saturated heterocycles. The molecular formula is C13H22N4O. The topological polar surface area (TPSA) is 72.9 Å². The van der Waals surface area contributed by atoms with E-state index in [0.29, 0.717) is 12.2 Å². The standard InChI is InChI=1S/C13H22N4O/c1-2-17-9-6-11(16-17)15-12(18)10-13(14)7-4-3-5-8-13/h6,9H,2-5,7-8,10,14H2,1H3,(H,15,16,18). The lowest BCUT2D eigenvalue weighted by Gasteiger charge is -2.32. The first kappa shape index (κ1) is 13.1. The smallest absolute Gasteiger partial charge is 0.227 e. The van der Waals surface area contributed by atoms with Crippen LogP contribution < -0.4 is 11.1 Å². The molecule has 1 aliphatic carbocycles. The fraction of sp³-hybridized carbons (Fsp3) is 0.692. The maximum Gasteiger partial charge on any atom is 0.227 e. The van der Waals surface area contributed by atoms with Gasteiger partial charge in [0.15, 0.2) is 5.82 Å². The van der Waals surface area contributed by atoms with Gasteiger partial charge in [-0.3, -0.25) is 9.48 Å². The van der Waals surface area contributed by atoms with Crippen LogP contribution in [0.1, 0.15) is 45.4 Å². The van der Waals surface area contributed by atoms with Gasteiger partial charge in [0.2, 0.25) is 5.91 Å². The number of amides is 1. The molecule has 0 bridgehead atoms. The van der Waals surface area contributed by atoms with Gasteiger partial charge in [0.05, 0.1) is 0 Å². The maximum absolute atomic E-state index is 11.9. The van der Waals surface area contributed by atoms with Crippen LogP contribution in [0.2, 0.25) is 0 Å². The summed E-state index contributed by atoms with van der Waals surface area (Å²) in [6.07, 6.45) is 7.65. The van der Waals surface area contributed by atoms with Crippen LogP contribution in [0.15, 0.2) is 12.3 Å². The van der Waals surface area contributed by atoms with E-state index in [9.17, 15) is 4.79 Å². The summed E-state index contributed by atoms with van der Waals surface area (Å²) in [5.74, 6) is 0.585. The Morgan fingerprint density at radius 1 is 1.50 bits per heavy atom. The van der Waals surface area contributed by atoms with Crippen LogP contribution in [-0.2, 0) is 11.3 Å².